The van der Waals surface area contributed by atoms with Crippen molar-refractivity contribution in [2.75, 3.05) is 18.5 Å². The number of carbonyl (C=O) groups excluding carboxylic acids is 3. The lowest BCUT2D eigenvalue weighted by Crippen LogP contribution is -2.46. The van der Waals surface area contributed by atoms with Crippen LogP contribution in [0.4, 0.5) is 32.0 Å². The average molecular weight is 607 g/mol. The molecule has 1 fully saturated rings. The molecule has 0 atom stereocenters. The second kappa shape index (κ2) is 12.9. The monoisotopic (exact) mass is 606 g/mol. The highest BCUT2D eigenvalue weighted by Gasteiger charge is 2.43. The maximum absolute atomic E-state index is 13.0. The molecule has 0 unspecified atom stereocenters. The molecule has 6 nitrogen and oxygen atoms in total. The van der Waals surface area contributed by atoms with Gasteiger partial charge in [0, 0.05) is 11.3 Å². The molecule has 0 heterocycles. The van der Waals surface area contributed by atoms with E-state index >= 15 is 0 Å². The quantitative estimate of drug-likeness (QED) is 0.204. The number of hydrogen-bond acceptors (Lipinski definition) is 4. The predicted molar refractivity (Wildman–Crippen MR) is 146 cm³/mol. The first-order valence-corrected chi connectivity index (χ1v) is 13.4. The molecule has 2 amide bonds. The minimum atomic E-state index is -4.55. The topological polar surface area (TPSA) is 84.5 Å². The fourth-order valence-electron chi connectivity index (χ4n) is 4.97. The summed E-state index contributed by atoms with van der Waals surface area (Å²) >= 11 is 0. The Morgan fingerprint density at radius 2 is 1.44 bits per heavy atom. The summed E-state index contributed by atoms with van der Waals surface area (Å²) in [5.74, 6) is -1.93. The van der Waals surface area contributed by atoms with Crippen molar-refractivity contribution >= 4 is 23.5 Å². The second-order valence-corrected chi connectivity index (χ2v) is 10.4. The highest BCUT2D eigenvalue weighted by Crippen LogP contribution is 2.39. The fourth-order valence-corrected chi connectivity index (χ4v) is 4.97. The zero-order valence-corrected chi connectivity index (χ0v) is 22.8. The Hall–Kier alpha value is -4.35. The van der Waals surface area contributed by atoms with Gasteiger partial charge in [-0.15, -0.1) is 0 Å². The molecule has 0 radical (unpaired) electrons. The maximum Gasteiger partial charge on any atom is 0.416 e. The number of carbonyl (C=O) groups is 3. The molecule has 228 valence electrons. The number of hydrogen-bond donors (Lipinski definition) is 2. The summed E-state index contributed by atoms with van der Waals surface area (Å²) in [7, 11) is 0. The summed E-state index contributed by atoms with van der Waals surface area (Å²) < 4.78 is 81.8. The van der Waals surface area contributed by atoms with E-state index in [1.54, 1.807) is 48.5 Å². The number of amides is 2. The molecule has 1 aliphatic rings. The van der Waals surface area contributed by atoms with E-state index in [2.05, 4.69) is 5.32 Å². The van der Waals surface area contributed by atoms with Crippen LogP contribution >= 0.6 is 0 Å². The standard InChI is InChI=1S/C31H28F6N2O4/c32-30(33,34)18-38-28(42)29(15-3-4-16-29)19-43-26(40)17-20-7-13-23(14-8-20)39-27(41)25-6-2-1-5-24(25)21-9-11-22(12-10-21)31(35,36)37/h1-2,5-14H,3-4,15-19H2,(H,38,42)(H,39,41). The van der Waals surface area contributed by atoms with Crippen LogP contribution in [0.25, 0.3) is 11.1 Å². The number of anilines is 1. The molecule has 43 heavy (non-hydrogen) atoms. The molecule has 1 saturated carbocycles. The number of nitrogens with one attached hydrogen (secondary N) is 2. The van der Waals surface area contributed by atoms with Crippen LogP contribution in [0.2, 0.25) is 0 Å². The third-order valence-corrected chi connectivity index (χ3v) is 7.26. The van der Waals surface area contributed by atoms with Gasteiger partial charge in [0.15, 0.2) is 0 Å². The lowest BCUT2D eigenvalue weighted by atomic mass is 9.86. The van der Waals surface area contributed by atoms with Gasteiger partial charge in [-0.3, -0.25) is 14.4 Å². The van der Waals surface area contributed by atoms with Crippen molar-refractivity contribution in [3.63, 3.8) is 0 Å². The predicted octanol–water partition coefficient (Wildman–Crippen LogP) is 6.95. The van der Waals surface area contributed by atoms with Gasteiger partial charge in [0.05, 0.1) is 17.4 Å². The maximum atomic E-state index is 13.0. The van der Waals surface area contributed by atoms with Crippen LogP contribution in [0, 0.1) is 5.41 Å². The van der Waals surface area contributed by atoms with Gasteiger partial charge in [0.1, 0.15) is 13.2 Å². The van der Waals surface area contributed by atoms with Crippen molar-refractivity contribution < 1.29 is 45.5 Å². The van der Waals surface area contributed by atoms with Crippen LogP contribution in [0.5, 0.6) is 0 Å². The molecule has 3 aromatic carbocycles. The molecule has 0 spiro atoms. The second-order valence-electron chi connectivity index (χ2n) is 10.4. The minimum absolute atomic E-state index is 0.161. The van der Waals surface area contributed by atoms with Crippen LogP contribution in [0.15, 0.2) is 72.8 Å². The van der Waals surface area contributed by atoms with E-state index in [1.165, 1.54) is 12.1 Å². The molecule has 0 aliphatic heterocycles. The van der Waals surface area contributed by atoms with E-state index in [1.807, 2.05) is 5.32 Å². The molecule has 0 aromatic heterocycles. The zero-order chi connectivity index (χ0) is 31.3. The van der Waals surface area contributed by atoms with Crippen molar-refractivity contribution in [2.24, 2.45) is 5.41 Å². The highest BCUT2D eigenvalue weighted by molar-refractivity contribution is 6.08. The van der Waals surface area contributed by atoms with E-state index in [0.29, 0.717) is 48.1 Å². The molecule has 3 aromatic rings. The number of benzene rings is 3. The first kappa shape index (κ1) is 31.6. The Labute approximate surface area is 243 Å². The van der Waals surface area contributed by atoms with Crippen molar-refractivity contribution in [3.8, 4) is 11.1 Å². The molecule has 1 aliphatic carbocycles. The summed E-state index contributed by atoms with van der Waals surface area (Å²) in [4.78, 5) is 38.0. The molecule has 12 heteroatoms. The van der Waals surface area contributed by atoms with E-state index in [0.717, 1.165) is 12.1 Å². The Kier molecular flexibility index (Phi) is 9.46. The number of esters is 1. The first-order valence-electron chi connectivity index (χ1n) is 13.4. The SMILES string of the molecule is O=C(Cc1ccc(NC(=O)c2ccccc2-c2ccc(C(F)(F)F)cc2)cc1)OCC1(C(=O)NCC(F)(F)F)CCCC1. The molecule has 4 rings (SSSR count). The van der Waals surface area contributed by atoms with E-state index in [9.17, 15) is 40.7 Å². The zero-order valence-electron chi connectivity index (χ0n) is 22.8. The molecule has 0 bridgehead atoms. The highest BCUT2D eigenvalue weighted by atomic mass is 19.4. The molecular formula is C31H28F6N2O4. The van der Waals surface area contributed by atoms with Crippen LogP contribution in [-0.4, -0.2) is 37.1 Å². The number of rotatable bonds is 9. The molecule has 0 saturated heterocycles. The normalized spacial score (nSPS) is 14.7. The Balaban J connectivity index is 1.35. The van der Waals surface area contributed by atoms with E-state index in [-0.39, 0.29) is 18.6 Å². The Morgan fingerprint density at radius 3 is 2.05 bits per heavy atom. The third-order valence-electron chi connectivity index (χ3n) is 7.26. The lowest BCUT2D eigenvalue weighted by molar-refractivity contribution is -0.154. The van der Waals surface area contributed by atoms with Crippen molar-refractivity contribution in [3.05, 3.63) is 89.5 Å². The van der Waals surface area contributed by atoms with Gasteiger partial charge in [-0.05, 0) is 59.9 Å². The summed E-state index contributed by atoms with van der Waals surface area (Å²) in [5.41, 5.74) is 0.0727. The van der Waals surface area contributed by atoms with Gasteiger partial charge >= 0.3 is 18.3 Å². The first-order chi connectivity index (χ1) is 20.3. The molecule has 2 N–H and O–H groups in total. The van der Waals surface area contributed by atoms with Crippen molar-refractivity contribution in [1.82, 2.24) is 5.32 Å². The Morgan fingerprint density at radius 1 is 0.814 bits per heavy atom. The smallest absolute Gasteiger partial charge is 0.416 e. The lowest BCUT2D eigenvalue weighted by Gasteiger charge is -2.27. The van der Waals surface area contributed by atoms with Gasteiger partial charge in [-0.25, -0.2) is 0 Å². The van der Waals surface area contributed by atoms with Crippen LogP contribution in [0.3, 0.4) is 0 Å². The van der Waals surface area contributed by atoms with Crippen molar-refractivity contribution in [1.29, 1.82) is 0 Å². The average Bonchev–Trinajstić information content (AvgIpc) is 3.45. The van der Waals surface area contributed by atoms with Gasteiger partial charge in [0.25, 0.3) is 5.91 Å². The fraction of sp³-hybridized carbons (Fsp3) is 0.323. The third kappa shape index (κ3) is 8.36. The number of halogens is 6. The van der Waals surface area contributed by atoms with Crippen LogP contribution < -0.4 is 10.6 Å². The minimum Gasteiger partial charge on any atom is -0.464 e. The summed E-state index contributed by atoms with van der Waals surface area (Å²) in [6.07, 6.45) is -7.27. The van der Waals surface area contributed by atoms with E-state index in [4.69, 9.17) is 4.74 Å². The number of alkyl halides is 6. The van der Waals surface area contributed by atoms with Crippen LogP contribution in [0.1, 0.15) is 47.2 Å². The largest absolute Gasteiger partial charge is 0.464 e. The van der Waals surface area contributed by atoms with Gasteiger partial charge in [-0.2, -0.15) is 26.3 Å². The molecular weight excluding hydrogens is 578 g/mol. The van der Waals surface area contributed by atoms with Gasteiger partial charge in [0.2, 0.25) is 5.91 Å². The summed E-state index contributed by atoms with van der Waals surface area (Å²) in [5, 5.41) is 4.63. The summed E-state index contributed by atoms with van der Waals surface area (Å²) in [6.45, 7) is -1.77. The van der Waals surface area contributed by atoms with E-state index < -0.39 is 47.7 Å². The Bertz CT molecular complexity index is 1440. The van der Waals surface area contributed by atoms with Gasteiger partial charge < -0.3 is 15.4 Å². The van der Waals surface area contributed by atoms with Crippen LogP contribution in [-0.2, 0) is 26.9 Å². The van der Waals surface area contributed by atoms with Gasteiger partial charge in [-0.1, -0.05) is 55.3 Å². The number of ether oxygens (including phenoxy) is 1. The summed E-state index contributed by atoms with van der Waals surface area (Å²) in [6, 6.07) is 17.3. The van der Waals surface area contributed by atoms with Crippen molar-refractivity contribution in [2.45, 2.75) is 44.5 Å².